The maximum absolute atomic E-state index is 11.9. The number of benzene rings is 1. The van der Waals surface area contributed by atoms with Crippen LogP contribution in [0.25, 0.3) is 0 Å². The van der Waals surface area contributed by atoms with E-state index in [1.165, 1.54) is 0 Å². The van der Waals surface area contributed by atoms with Crippen molar-refractivity contribution in [2.24, 2.45) is 5.73 Å². The first-order valence-electron chi connectivity index (χ1n) is 5.17. The van der Waals surface area contributed by atoms with Gasteiger partial charge in [-0.25, -0.2) is 0 Å². The van der Waals surface area contributed by atoms with Crippen molar-refractivity contribution in [3.63, 3.8) is 0 Å². The van der Waals surface area contributed by atoms with Crippen molar-refractivity contribution in [2.45, 2.75) is 25.3 Å². The van der Waals surface area contributed by atoms with Crippen molar-refractivity contribution in [1.29, 1.82) is 0 Å². The van der Waals surface area contributed by atoms with Gasteiger partial charge in [-0.2, -0.15) is 0 Å². The molecule has 0 heterocycles. The summed E-state index contributed by atoms with van der Waals surface area (Å²) in [4.78, 5) is 13.6. The lowest BCUT2D eigenvalue weighted by atomic mass is 10.2. The summed E-state index contributed by atoms with van der Waals surface area (Å²) in [6.45, 7) is 2.01. The fourth-order valence-electron chi connectivity index (χ4n) is 1.64. The Morgan fingerprint density at radius 1 is 1.47 bits per heavy atom. The highest BCUT2D eigenvalue weighted by Crippen LogP contribution is 2.35. The number of hydrogen-bond donors (Lipinski definition) is 1. The summed E-state index contributed by atoms with van der Waals surface area (Å²) in [7, 11) is 1.78. The zero-order chi connectivity index (χ0) is 11.1. The standard InChI is InChI=1S/C12H16N2O/c1-9-4-3-5-10(8-9)14(2)11(15)12(13)6-7-12/h3-5,8H,6-7,13H2,1-2H3. The lowest BCUT2D eigenvalue weighted by Gasteiger charge is -2.21. The van der Waals surface area contributed by atoms with E-state index in [1.54, 1.807) is 11.9 Å². The molecule has 0 bridgehead atoms. The van der Waals surface area contributed by atoms with Crippen LogP contribution in [0.4, 0.5) is 5.69 Å². The Balaban J connectivity index is 2.20. The van der Waals surface area contributed by atoms with Crippen LogP contribution >= 0.6 is 0 Å². The Morgan fingerprint density at radius 2 is 2.13 bits per heavy atom. The van der Waals surface area contributed by atoms with E-state index >= 15 is 0 Å². The normalized spacial score (nSPS) is 17.3. The van der Waals surface area contributed by atoms with Crippen LogP contribution in [0.15, 0.2) is 24.3 Å². The topological polar surface area (TPSA) is 46.3 Å². The van der Waals surface area contributed by atoms with Crippen LogP contribution in [0, 0.1) is 6.92 Å². The van der Waals surface area contributed by atoms with E-state index in [1.807, 2.05) is 31.2 Å². The van der Waals surface area contributed by atoms with Crippen LogP contribution in [-0.4, -0.2) is 18.5 Å². The number of aryl methyl sites for hydroxylation is 1. The van der Waals surface area contributed by atoms with Crippen molar-refractivity contribution < 1.29 is 4.79 Å². The molecule has 1 aromatic rings. The number of carbonyl (C=O) groups is 1. The van der Waals surface area contributed by atoms with Gasteiger partial charge >= 0.3 is 0 Å². The van der Waals surface area contributed by atoms with Gasteiger partial charge in [-0.1, -0.05) is 12.1 Å². The summed E-state index contributed by atoms with van der Waals surface area (Å²) in [6.07, 6.45) is 1.62. The molecular formula is C12H16N2O. The monoisotopic (exact) mass is 204 g/mol. The van der Waals surface area contributed by atoms with Gasteiger partial charge in [0, 0.05) is 12.7 Å². The number of nitrogens with two attached hydrogens (primary N) is 1. The molecule has 1 aliphatic carbocycles. The molecule has 15 heavy (non-hydrogen) atoms. The quantitative estimate of drug-likeness (QED) is 0.792. The molecular weight excluding hydrogens is 188 g/mol. The summed E-state index contributed by atoms with van der Waals surface area (Å²) < 4.78 is 0. The second kappa shape index (κ2) is 3.35. The number of carbonyl (C=O) groups excluding carboxylic acids is 1. The molecule has 2 N–H and O–H groups in total. The molecule has 0 saturated heterocycles. The predicted octanol–water partition coefficient (Wildman–Crippen LogP) is 1.45. The largest absolute Gasteiger partial charge is 0.317 e. The molecule has 0 unspecified atom stereocenters. The summed E-state index contributed by atoms with van der Waals surface area (Å²) in [6, 6.07) is 7.88. The number of likely N-dealkylation sites (N-methyl/N-ethyl adjacent to an activating group) is 1. The third-order valence-electron chi connectivity index (χ3n) is 2.91. The molecule has 0 radical (unpaired) electrons. The summed E-state index contributed by atoms with van der Waals surface area (Å²) >= 11 is 0. The second-order valence-electron chi connectivity index (χ2n) is 4.36. The maximum atomic E-state index is 11.9. The van der Waals surface area contributed by atoms with Gasteiger partial charge in [-0.3, -0.25) is 4.79 Å². The van der Waals surface area contributed by atoms with Crippen molar-refractivity contribution in [2.75, 3.05) is 11.9 Å². The molecule has 1 aliphatic rings. The van der Waals surface area contributed by atoms with E-state index in [0.717, 1.165) is 24.1 Å². The van der Waals surface area contributed by atoms with E-state index in [0.29, 0.717) is 0 Å². The fraction of sp³-hybridized carbons (Fsp3) is 0.417. The van der Waals surface area contributed by atoms with Gasteiger partial charge in [-0.05, 0) is 37.5 Å². The molecule has 0 spiro atoms. The zero-order valence-corrected chi connectivity index (χ0v) is 9.16. The van der Waals surface area contributed by atoms with Gasteiger partial charge in [0.1, 0.15) is 0 Å². The molecule has 0 atom stereocenters. The van der Waals surface area contributed by atoms with Crippen LogP contribution < -0.4 is 10.6 Å². The van der Waals surface area contributed by atoms with Crippen molar-refractivity contribution >= 4 is 11.6 Å². The smallest absolute Gasteiger partial charge is 0.246 e. The van der Waals surface area contributed by atoms with Gasteiger partial charge in [0.2, 0.25) is 5.91 Å². The molecule has 1 fully saturated rings. The van der Waals surface area contributed by atoms with Gasteiger partial charge in [0.25, 0.3) is 0 Å². The Hall–Kier alpha value is -1.35. The molecule has 1 aromatic carbocycles. The fourth-order valence-corrected chi connectivity index (χ4v) is 1.64. The van der Waals surface area contributed by atoms with Crippen LogP contribution in [0.2, 0.25) is 0 Å². The lowest BCUT2D eigenvalue weighted by Crippen LogP contribution is -2.43. The van der Waals surface area contributed by atoms with Crippen molar-refractivity contribution in [3.8, 4) is 0 Å². The van der Waals surface area contributed by atoms with E-state index in [9.17, 15) is 4.79 Å². The highest BCUT2D eigenvalue weighted by atomic mass is 16.2. The van der Waals surface area contributed by atoms with E-state index < -0.39 is 5.54 Å². The van der Waals surface area contributed by atoms with Crippen LogP contribution in [0.1, 0.15) is 18.4 Å². The second-order valence-corrected chi connectivity index (χ2v) is 4.36. The maximum Gasteiger partial charge on any atom is 0.246 e. The predicted molar refractivity (Wildman–Crippen MR) is 60.7 cm³/mol. The summed E-state index contributed by atoms with van der Waals surface area (Å²) in [5.74, 6) is 0.0214. The van der Waals surface area contributed by atoms with E-state index in [2.05, 4.69) is 0 Å². The number of amides is 1. The Morgan fingerprint density at radius 3 is 2.67 bits per heavy atom. The summed E-state index contributed by atoms with van der Waals surface area (Å²) in [5, 5.41) is 0. The first-order valence-corrected chi connectivity index (χ1v) is 5.17. The SMILES string of the molecule is Cc1cccc(N(C)C(=O)C2(N)CC2)c1. The number of rotatable bonds is 2. The molecule has 1 saturated carbocycles. The third kappa shape index (κ3) is 1.88. The zero-order valence-electron chi connectivity index (χ0n) is 9.16. The number of anilines is 1. The highest BCUT2D eigenvalue weighted by molar-refractivity contribution is 6.01. The van der Waals surface area contributed by atoms with Gasteiger partial charge in [-0.15, -0.1) is 0 Å². The molecule has 3 heteroatoms. The number of hydrogen-bond acceptors (Lipinski definition) is 2. The molecule has 80 valence electrons. The Bertz CT molecular complexity index is 396. The van der Waals surface area contributed by atoms with Gasteiger partial charge < -0.3 is 10.6 Å². The van der Waals surface area contributed by atoms with Gasteiger partial charge in [0.05, 0.1) is 5.54 Å². The minimum atomic E-state index is -0.585. The molecule has 0 aromatic heterocycles. The lowest BCUT2D eigenvalue weighted by molar-refractivity contribution is -0.120. The van der Waals surface area contributed by atoms with E-state index in [-0.39, 0.29) is 5.91 Å². The molecule has 3 nitrogen and oxygen atoms in total. The summed E-state index contributed by atoms with van der Waals surface area (Å²) in [5.41, 5.74) is 7.35. The van der Waals surface area contributed by atoms with Crippen LogP contribution in [0.3, 0.4) is 0 Å². The molecule has 1 amide bonds. The van der Waals surface area contributed by atoms with Crippen LogP contribution in [0.5, 0.6) is 0 Å². The third-order valence-corrected chi connectivity index (χ3v) is 2.91. The van der Waals surface area contributed by atoms with Gasteiger partial charge in [0.15, 0.2) is 0 Å². The van der Waals surface area contributed by atoms with Crippen molar-refractivity contribution in [1.82, 2.24) is 0 Å². The first kappa shape index (κ1) is 10.2. The molecule has 2 rings (SSSR count). The minimum absolute atomic E-state index is 0.0214. The average molecular weight is 204 g/mol. The highest BCUT2D eigenvalue weighted by Gasteiger charge is 2.47. The Labute approximate surface area is 89.9 Å². The first-order chi connectivity index (χ1) is 7.03. The Kier molecular flexibility index (Phi) is 2.27. The van der Waals surface area contributed by atoms with E-state index in [4.69, 9.17) is 5.73 Å². The average Bonchev–Trinajstić information content (AvgIpc) is 2.96. The molecule has 0 aliphatic heterocycles. The number of nitrogens with zero attached hydrogens (tertiary/aromatic N) is 1. The minimum Gasteiger partial charge on any atom is -0.317 e. The van der Waals surface area contributed by atoms with Crippen LogP contribution in [-0.2, 0) is 4.79 Å². The van der Waals surface area contributed by atoms with Crippen molar-refractivity contribution in [3.05, 3.63) is 29.8 Å².